The largest absolute Gasteiger partial charge is 0.370 e. The van der Waals surface area contributed by atoms with Crippen LogP contribution in [0, 0.1) is 0 Å². The van der Waals surface area contributed by atoms with Gasteiger partial charge in [0.05, 0.1) is 25.5 Å². The van der Waals surface area contributed by atoms with Gasteiger partial charge in [-0.05, 0) is 0 Å². The standard InChI is InChI=1S/C10H20N2O3S/c1-16(13,14)12-4-2-10(3-5-12)11-6-8-15-9-7-11/h10H,2-9H2,1H3/p+1. The fraction of sp³-hybridized carbons (Fsp3) is 1.00. The van der Waals surface area contributed by atoms with Crippen LogP contribution < -0.4 is 4.90 Å². The van der Waals surface area contributed by atoms with Gasteiger partial charge in [0.1, 0.15) is 13.1 Å². The van der Waals surface area contributed by atoms with E-state index in [1.807, 2.05) is 0 Å². The SMILES string of the molecule is CS(=O)(=O)N1CCC([NH+]2CCOCC2)CC1. The first-order valence-electron chi connectivity index (χ1n) is 5.95. The highest BCUT2D eigenvalue weighted by Gasteiger charge is 2.31. The summed E-state index contributed by atoms with van der Waals surface area (Å²) in [4.78, 5) is 1.60. The van der Waals surface area contributed by atoms with Gasteiger partial charge >= 0.3 is 0 Å². The molecule has 0 aromatic rings. The maximum Gasteiger partial charge on any atom is 0.211 e. The van der Waals surface area contributed by atoms with E-state index in [-0.39, 0.29) is 0 Å². The molecule has 0 aliphatic carbocycles. The van der Waals surface area contributed by atoms with Gasteiger partial charge in [0.2, 0.25) is 10.0 Å². The van der Waals surface area contributed by atoms with Crippen molar-refractivity contribution in [3.63, 3.8) is 0 Å². The van der Waals surface area contributed by atoms with E-state index in [1.54, 1.807) is 9.21 Å². The maximum absolute atomic E-state index is 11.4. The van der Waals surface area contributed by atoms with Crippen LogP contribution in [0.5, 0.6) is 0 Å². The minimum absolute atomic E-state index is 0.627. The zero-order chi connectivity index (χ0) is 11.6. The van der Waals surface area contributed by atoms with Crippen molar-refractivity contribution in [3.05, 3.63) is 0 Å². The topological polar surface area (TPSA) is 51.0 Å². The van der Waals surface area contributed by atoms with E-state index in [9.17, 15) is 8.42 Å². The quantitative estimate of drug-likeness (QED) is 0.636. The van der Waals surface area contributed by atoms with Crippen LogP contribution in [0.1, 0.15) is 12.8 Å². The fourth-order valence-corrected chi connectivity index (χ4v) is 3.51. The minimum Gasteiger partial charge on any atom is -0.370 e. The van der Waals surface area contributed by atoms with Crippen molar-refractivity contribution in [2.24, 2.45) is 0 Å². The summed E-state index contributed by atoms with van der Waals surface area (Å²) in [7, 11) is -2.98. The van der Waals surface area contributed by atoms with Gasteiger partial charge in [-0.1, -0.05) is 0 Å². The Morgan fingerprint density at radius 1 is 1.19 bits per heavy atom. The molecule has 0 amide bonds. The smallest absolute Gasteiger partial charge is 0.211 e. The van der Waals surface area contributed by atoms with Crippen molar-refractivity contribution in [2.75, 3.05) is 45.6 Å². The maximum atomic E-state index is 11.4. The molecular formula is C10H21N2O3S+. The molecule has 0 spiro atoms. The van der Waals surface area contributed by atoms with Crippen molar-refractivity contribution in [1.82, 2.24) is 4.31 Å². The number of morpholine rings is 1. The molecule has 2 heterocycles. The van der Waals surface area contributed by atoms with E-state index in [4.69, 9.17) is 4.74 Å². The Bertz CT molecular complexity index is 317. The van der Waals surface area contributed by atoms with Crippen LogP contribution in [0.3, 0.4) is 0 Å². The van der Waals surface area contributed by atoms with Crippen LogP contribution in [0.25, 0.3) is 0 Å². The normalized spacial score (nSPS) is 27.1. The third kappa shape index (κ3) is 2.94. The summed E-state index contributed by atoms with van der Waals surface area (Å²) in [6.07, 6.45) is 3.28. The van der Waals surface area contributed by atoms with Gasteiger partial charge in [0.15, 0.2) is 0 Å². The summed E-state index contributed by atoms with van der Waals surface area (Å²) in [5.74, 6) is 0. The molecule has 94 valence electrons. The number of hydrogen-bond donors (Lipinski definition) is 1. The van der Waals surface area contributed by atoms with E-state index in [0.29, 0.717) is 19.1 Å². The Morgan fingerprint density at radius 2 is 1.75 bits per heavy atom. The molecule has 0 atom stereocenters. The molecular weight excluding hydrogens is 228 g/mol. The zero-order valence-electron chi connectivity index (χ0n) is 9.81. The highest BCUT2D eigenvalue weighted by atomic mass is 32.2. The molecule has 5 nitrogen and oxygen atoms in total. The van der Waals surface area contributed by atoms with Gasteiger partial charge < -0.3 is 9.64 Å². The number of nitrogens with zero attached hydrogens (tertiary/aromatic N) is 1. The van der Waals surface area contributed by atoms with E-state index < -0.39 is 10.0 Å². The van der Waals surface area contributed by atoms with E-state index in [2.05, 4.69) is 0 Å². The lowest BCUT2D eigenvalue weighted by Crippen LogP contribution is -3.18. The van der Waals surface area contributed by atoms with Gasteiger partial charge in [0.25, 0.3) is 0 Å². The first kappa shape index (κ1) is 12.3. The van der Waals surface area contributed by atoms with Crippen LogP contribution in [0.4, 0.5) is 0 Å². The molecule has 2 aliphatic heterocycles. The molecule has 0 bridgehead atoms. The monoisotopic (exact) mass is 249 g/mol. The van der Waals surface area contributed by atoms with Gasteiger partial charge in [-0.2, -0.15) is 0 Å². The summed E-state index contributed by atoms with van der Waals surface area (Å²) in [6.45, 7) is 5.22. The number of quaternary nitrogens is 1. The van der Waals surface area contributed by atoms with Crippen LogP contribution >= 0.6 is 0 Å². The van der Waals surface area contributed by atoms with Gasteiger partial charge in [-0.15, -0.1) is 0 Å². The molecule has 2 saturated heterocycles. The lowest BCUT2D eigenvalue weighted by atomic mass is 10.0. The molecule has 2 fully saturated rings. The van der Waals surface area contributed by atoms with E-state index >= 15 is 0 Å². The van der Waals surface area contributed by atoms with Crippen molar-refractivity contribution in [1.29, 1.82) is 0 Å². The summed E-state index contributed by atoms with van der Waals surface area (Å²) in [5.41, 5.74) is 0. The van der Waals surface area contributed by atoms with Crippen LogP contribution in [0.15, 0.2) is 0 Å². The number of hydrogen-bond acceptors (Lipinski definition) is 3. The third-order valence-corrected chi connectivity index (χ3v) is 4.94. The second-order valence-corrected chi connectivity index (χ2v) is 6.69. The molecule has 0 saturated carbocycles. The number of sulfonamides is 1. The van der Waals surface area contributed by atoms with Crippen LogP contribution in [-0.2, 0) is 14.8 Å². The Morgan fingerprint density at radius 3 is 2.25 bits per heavy atom. The summed E-state index contributed by atoms with van der Waals surface area (Å²) < 4.78 is 29.7. The van der Waals surface area contributed by atoms with Gasteiger partial charge in [0, 0.05) is 25.9 Å². The van der Waals surface area contributed by atoms with Gasteiger partial charge in [-0.25, -0.2) is 12.7 Å². The average Bonchev–Trinajstić information content (AvgIpc) is 2.29. The summed E-state index contributed by atoms with van der Waals surface area (Å²) >= 11 is 0. The fourth-order valence-electron chi connectivity index (χ4n) is 2.64. The van der Waals surface area contributed by atoms with Crippen molar-refractivity contribution < 1.29 is 18.1 Å². The molecule has 0 aromatic carbocycles. The molecule has 16 heavy (non-hydrogen) atoms. The number of piperidine rings is 1. The highest BCUT2D eigenvalue weighted by molar-refractivity contribution is 7.88. The van der Waals surface area contributed by atoms with E-state index in [1.165, 1.54) is 6.26 Å². The first-order chi connectivity index (χ1) is 7.57. The molecule has 0 unspecified atom stereocenters. The molecule has 0 aromatic heterocycles. The van der Waals surface area contributed by atoms with E-state index in [0.717, 1.165) is 39.1 Å². The number of ether oxygens (including phenoxy) is 1. The lowest BCUT2D eigenvalue weighted by Gasteiger charge is -2.36. The third-order valence-electron chi connectivity index (χ3n) is 3.64. The number of rotatable bonds is 2. The predicted octanol–water partition coefficient (Wildman–Crippen LogP) is -1.67. The molecule has 6 heteroatoms. The molecule has 0 radical (unpaired) electrons. The summed E-state index contributed by atoms with van der Waals surface area (Å²) in [6, 6.07) is 0.627. The van der Waals surface area contributed by atoms with Crippen molar-refractivity contribution in [2.45, 2.75) is 18.9 Å². The van der Waals surface area contributed by atoms with Crippen LogP contribution in [0.2, 0.25) is 0 Å². The Balaban J connectivity index is 1.85. The van der Waals surface area contributed by atoms with Gasteiger partial charge in [-0.3, -0.25) is 0 Å². The first-order valence-corrected chi connectivity index (χ1v) is 7.79. The lowest BCUT2D eigenvalue weighted by molar-refractivity contribution is -0.934. The zero-order valence-corrected chi connectivity index (χ0v) is 10.6. The average molecular weight is 249 g/mol. The van der Waals surface area contributed by atoms with Crippen molar-refractivity contribution in [3.8, 4) is 0 Å². The highest BCUT2D eigenvalue weighted by Crippen LogP contribution is 2.11. The Labute approximate surface area is 97.4 Å². The molecule has 2 aliphatic rings. The molecule has 2 rings (SSSR count). The Kier molecular flexibility index (Phi) is 3.84. The predicted molar refractivity (Wildman–Crippen MR) is 61.0 cm³/mol. The van der Waals surface area contributed by atoms with Crippen molar-refractivity contribution >= 4 is 10.0 Å². The molecule has 1 N–H and O–H groups in total. The minimum atomic E-state index is -2.98. The summed E-state index contributed by atoms with van der Waals surface area (Å²) in [5, 5.41) is 0. The second kappa shape index (κ2) is 5.00. The Hall–Kier alpha value is -0.170. The van der Waals surface area contributed by atoms with Crippen LogP contribution in [-0.4, -0.2) is 64.4 Å². The second-order valence-electron chi connectivity index (χ2n) is 4.71. The number of nitrogens with one attached hydrogen (secondary N) is 1.